The molecule has 174 valence electrons. The average molecular weight is 444 g/mol. The van der Waals surface area contributed by atoms with Crippen molar-refractivity contribution in [3.63, 3.8) is 0 Å². The van der Waals surface area contributed by atoms with Crippen LogP contribution < -0.4 is 10.1 Å². The van der Waals surface area contributed by atoms with Gasteiger partial charge in [0.15, 0.2) is 0 Å². The van der Waals surface area contributed by atoms with Gasteiger partial charge < -0.3 is 19.9 Å². The molecule has 6 heteroatoms. The maximum absolute atomic E-state index is 15.0. The van der Waals surface area contributed by atoms with Crippen molar-refractivity contribution in [1.29, 1.82) is 0 Å². The molecule has 0 amide bonds. The van der Waals surface area contributed by atoms with Crippen LogP contribution in [0.1, 0.15) is 31.4 Å². The van der Waals surface area contributed by atoms with E-state index in [0.717, 1.165) is 23.4 Å². The van der Waals surface area contributed by atoms with Gasteiger partial charge in [-0.15, -0.1) is 0 Å². The van der Waals surface area contributed by atoms with Crippen LogP contribution in [0, 0.1) is 11.7 Å². The minimum atomic E-state index is -0.981. The highest BCUT2D eigenvalue weighted by molar-refractivity contribution is 5.27. The van der Waals surface area contributed by atoms with Crippen LogP contribution in [0.2, 0.25) is 0 Å². The molecular formula is C26H35F2N3O. The van der Waals surface area contributed by atoms with Gasteiger partial charge >= 0.3 is 0 Å². The average Bonchev–Trinajstić information content (AvgIpc) is 2.77. The zero-order chi connectivity index (χ0) is 23.1. The van der Waals surface area contributed by atoms with Crippen molar-refractivity contribution < 1.29 is 13.5 Å². The number of nitrogens with one attached hydrogen (secondary N) is 1. The Labute approximate surface area is 190 Å². The van der Waals surface area contributed by atoms with Crippen LogP contribution in [0.15, 0.2) is 60.9 Å². The number of hydrogen-bond donors (Lipinski definition) is 1. The number of alkyl halides is 1. The van der Waals surface area contributed by atoms with Crippen molar-refractivity contribution >= 4 is 0 Å². The van der Waals surface area contributed by atoms with Crippen molar-refractivity contribution in [3.05, 3.63) is 77.9 Å². The van der Waals surface area contributed by atoms with Crippen LogP contribution in [-0.4, -0.2) is 48.8 Å². The first kappa shape index (κ1) is 24.1. The normalized spacial score (nSPS) is 19.1. The Hall–Kier alpha value is -2.60. The molecule has 0 radical (unpaired) electrons. The number of hydrogen-bond acceptors (Lipinski definition) is 4. The zero-order valence-corrected chi connectivity index (χ0v) is 19.4. The molecule has 1 aliphatic rings. The van der Waals surface area contributed by atoms with Gasteiger partial charge in [0.05, 0.1) is 18.5 Å². The number of nitrogens with zero attached hydrogens (tertiary/aromatic N) is 2. The Balaban J connectivity index is 1.65. The first-order valence-electron chi connectivity index (χ1n) is 11.3. The molecule has 2 aromatic rings. The maximum atomic E-state index is 15.0. The number of halogens is 2. The molecule has 0 saturated carbocycles. The lowest BCUT2D eigenvalue weighted by molar-refractivity contribution is 0.0542. The van der Waals surface area contributed by atoms with Crippen molar-refractivity contribution in [1.82, 2.24) is 15.1 Å². The molecule has 4 nitrogen and oxygen atoms in total. The second-order valence-corrected chi connectivity index (χ2v) is 9.04. The van der Waals surface area contributed by atoms with E-state index in [4.69, 9.17) is 4.74 Å². The second kappa shape index (κ2) is 11.3. The molecule has 1 saturated heterocycles. The van der Waals surface area contributed by atoms with E-state index in [0.29, 0.717) is 44.4 Å². The fraction of sp³-hybridized carbons (Fsp3) is 0.462. The Kier molecular flexibility index (Phi) is 8.51. The quantitative estimate of drug-likeness (QED) is 0.561. The van der Waals surface area contributed by atoms with Gasteiger partial charge in [-0.1, -0.05) is 44.7 Å². The molecule has 0 spiro atoms. The number of likely N-dealkylation sites (tertiary alicyclic amines) is 1. The van der Waals surface area contributed by atoms with Gasteiger partial charge in [0.2, 0.25) is 0 Å². The van der Waals surface area contributed by atoms with Gasteiger partial charge in [-0.25, -0.2) is 8.78 Å². The zero-order valence-electron chi connectivity index (χ0n) is 19.4. The second-order valence-electron chi connectivity index (χ2n) is 9.04. The summed E-state index contributed by atoms with van der Waals surface area (Å²) < 4.78 is 34.1. The lowest BCUT2D eigenvalue weighted by Gasteiger charge is -2.41. The Morgan fingerprint density at radius 1 is 1.16 bits per heavy atom. The van der Waals surface area contributed by atoms with Gasteiger partial charge in [0.25, 0.3) is 0 Å². The Bertz CT molecular complexity index is 854. The van der Waals surface area contributed by atoms with E-state index in [9.17, 15) is 8.78 Å². The van der Waals surface area contributed by atoms with Gasteiger partial charge in [0, 0.05) is 26.2 Å². The summed E-state index contributed by atoms with van der Waals surface area (Å²) in [6.07, 6.45) is -0.272. The lowest BCUT2D eigenvalue weighted by atomic mass is 10.0. The molecule has 0 unspecified atom stereocenters. The molecular weight excluding hydrogens is 408 g/mol. The van der Waals surface area contributed by atoms with Crippen molar-refractivity contribution in [3.8, 4) is 5.75 Å². The summed E-state index contributed by atoms with van der Waals surface area (Å²) >= 11 is 0. The Morgan fingerprint density at radius 3 is 2.44 bits per heavy atom. The maximum Gasteiger partial charge on any atom is 0.133 e. The summed E-state index contributed by atoms with van der Waals surface area (Å²) in [6.45, 7) is 11.4. The first-order valence-corrected chi connectivity index (χ1v) is 11.3. The fourth-order valence-corrected chi connectivity index (χ4v) is 3.87. The molecule has 32 heavy (non-hydrogen) atoms. The smallest absolute Gasteiger partial charge is 0.133 e. The van der Waals surface area contributed by atoms with Crippen LogP contribution in [0.4, 0.5) is 8.78 Å². The number of piperidine rings is 1. The minimum Gasteiger partial charge on any atom is -0.493 e. The molecule has 0 aromatic heterocycles. The van der Waals surface area contributed by atoms with Crippen LogP contribution >= 0.6 is 0 Å². The van der Waals surface area contributed by atoms with E-state index in [2.05, 4.69) is 25.7 Å². The van der Waals surface area contributed by atoms with Crippen LogP contribution in [0.5, 0.6) is 5.75 Å². The van der Waals surface area contributed by atoms with Crippen LogP contribution in [0.25, 0.3) is 0 Å². The third-order valence-electron chi connectivity index (χ3n) is 5.73. The molecule has 0 aliphatic carbocycles. The molecule has 1 N–H and O–H groups in total. The summed E-state index contributed by atoms with van der Waals surface area (Å²) in [5, 5.41) is 3.37. The highest BCUT2D eigenvalue weighted by atomic mass is 19.1. The molecule has 1 heterocycles. The topological polar surface area (TPSA) is 27.7 Å². The highest BCUT2D eigenvalue weighted by Crippen LogP contribution is 2.24. The van der Waals surface area contributed by atoms with Crippen LogP contribution in [-0.2, 0) is 13.1 Å². The molecule has 1 fully saturated rings. The van der Waals surface area contributed by atoms with Crippen molar-refractivity contribution in [2.24, 2.45) is 5.92 Å². The summed E-state index contributed by atoms with van der Waals surface area (Å²) in [6, 6.07) is 14.1. The highest BCUT2D eigenvalue weighted by Gasteiger charge is 2.33. The molecule has 2 atom stereocenters. The van der Waals surface area contributed by atoms with E-state index in [1.54, 1.807) is 12.1 Å². The van der Waals surface area contributed by atoms with Gasteiger partial charge in [-0.05, 0) is 54.8 Å². The largest absolute Gasteiger partial charge is 0.493 e. The first-order chi connectivity index (χ1) is 15.3. The van der Waals surface area contributed by atoms with E-state index in [1.807, 2.05) is 41.1 Å². The summed E-state index contributed by atoms with van der Waals surface area (Å²) in [7, 11) is 1.94. The van der Waals surface area contributed by atoms with E-state index in [1.165, 1.54) is 12.1 Å². The number of benzene rings is 2. The van der Waals surface area contributed by atoms with E-state index < -0.39 is 6.17 Å². The third kappa shape index (κ3) is 6.95. The van der Waals surface area contributed by atoms with Gasteiger partial charge in [-0.2, -0.15) is 0 Å². The lowest BCUT2D eigenvalue weighted by Crippen LogP contribution is -2.52. The summed E-state index contributed by atoms with van der Waals surface area (Å²) in [5.41, 5.74) is 2.01. The number of ether oxygens (including phenoxy) is 1. The molecule has 3 rings (SSSR count). The van der Waals surface area contributed by atoms with Gasteiger partial charge in [-0.3, -0.25) is 0 Å². The minimum absolute atomic E-state index is 0.275. The standard InChI is InChI=1S/C26H35F2N3O/c1-19(2)18-32-24-11-7-21(8-12-24)15-29-20(3)31(16-22-5-9-23(27)10-6-22)26-13-14-30(4)17-25(26)28/h5-12,19,25-26,29H,3,13-18H2,1-2,4H3/t25-,26+/m1/s1. The number of rotatable bonds is 10. The van der Waals surface area contributed by atoms with E-state index >= 15 is 0 Å². The summed E-state index contributed by atoms with van der Waals surface area (Å²) in [5.74, 6) is 1.73. The van der Waals surface area contributed by atoms with E-state index in [-0.39, 0.29) is 11.9 Å². The van der Waals surface area contributed by atoms with Crippen molar-refractivity contribution in [2.45, 2.75) is 45.6 Å². The fourth-order valence-electron chi connectivity index (χ4n) is 3.87. The molecule has 2 aromatic carbocycles. The Morgan fingerprint density at radius 2 is 1.81 bits per heavy atom. The molecule has 1 aliphatic heterocycles. The summed E-state index contributed by atoms with van der Waals surface area (Å²) in [4.78, 5) is 4.00. The monoisotopic (exact) mass is 443 g/mol. The molecule has 0 bridgehead atoms. The SMILES string of the molecule is C=C(NCc1ccc(OCC(C)C)cc1)N(Cc1ccc(F)cc1)[C@H]1CCN(C)C[C@H]1F. The van der Waals surface area contributed by atoms with Gasteiger partial charge in [0.1, 0.15) is 17.7 Å². The van der Waals surface area contributed by atoms with Crippen LogP contribution in [0.3, 0.4) is 0 Å². The predicted octanol–water partition coefficient (Wildman–Crippen LogP) is 4.97. The van der Waals surface area contributed by atoms with Crippen molar-refractivity contribution in [2.75, 3.05) is 26.7 Å². The predicted molar refractivity (Wildman–Crippen MR) is 125 cm³/mol. The third-order valence-corrected chi connectivity index (χ3v) is 5.73.